The molecule has 3 heteroatoms. The Balaban J connectivity index is 1.86. The predicted octanol–water partition coefficient (Wildman–Crippen LogP) is 1.98. The fourth-order valence-electron chi connectivity index (χ4n) is 1.62. The van der Waals surface area contributed by atoms with Crippen LogP contribution in [0.25, 0.3) is 0 Å². The van der Waals surface area contributed by atoms with E-state index >= 15 is 0 Å². The summed E-state index contributed by atoms with van der Waals surface area (Å²) in [5.74, 6) is 1.90. The standard InChI is InChI=1S/C12H18N2O/c1-13-8-11-9-14-6-4-12(11)15-7-5-10-2-3-10/h4,6,9-10,13H,2-3,5,7-8H2,1H3. The molecule has 1 aliphatic rings. The summed E-state index contributed by atoms with van der Waals surface area (Å²) in [5, 5.41) is 3.12. The average molecular weight is 206 g/mol. The monoisotopic (exact) mass is 206 g/mol. The third kappa shape index (κ3) is 3.20. The molecule has 3 nitrogen and oxygen atoms in total. The molecule has 1 aliphatic carbocycles. The highest BCUT2D eigenvalue weighted by Crippen LogP contribution is 2.32. The lowest BCUT2D eigenvalue weighted by Crippen LogP contribution is -2.08. The molecule has 0 aromatic carbocycles. The van der Waals surface area contributed by atoms with Crippen molar-refractivity contribution in [3.05, 3.63) is 24.0 Å². The van der Waals surface area contributed by atoms with Gasteiger partial charge in [-0.2, -0.15) is 0 Å². The van der Waals surface area contributed by atoms with E-state index in [9.17, 15) is 0 Å². The van der Waals surface area contributed by atoms with E-state index in [0.29, 0.717) is 0 Å². The Kier molecular flexibility index (Phi) is 3.56. The van der Waals surface area contributed by atoms with Crippen LogP contribution in [-0.4, -0.2) is 18.6 Å². The molecule has 0 atom stereocenters. The fourth-order valence-corrected chi connectivity index (χ4v) is 1.62. The summed E-state index contributed by atoms with van der Waals surface area (Å²) in [6.45, 7) is 1.65. The molecule has 1 heterocycles. The van der Waals surface area contributed by atoms with E-state index in [2.05, 4.69) is 10.3 Å². The van der Waals surface area contributed by atoms with Crippen LogP contribution >= 0.6 is 0 Å². The molecule has 0 radical (unpaired) electrons. The average Bonchev–Trinajstić information content (AvgIpc) is 3.05. The molecule has 1 aromatic heterocycles. The van der Waals surface area contributed by atoms with Crippen molar-refractivity contribution in [1.82, 2.24) is 10.3 Å². The van der Waals surface area contributed by atoms with Gasteiger partial charge in [-0.1, -0.05) is 12.8 Å². The van der Waals surface area contributed by atoms with Crippen LogP contribution < -0.4 is 10.1 Å². The van der Waals surface area contributed by atoms with Crippen molar-refractivity contribution in [1.29, 1.82) is 0 Å². The normalized spacial score (nSPS) is 15.3. The van der Waals surface area contributed by atoms with E-state index in [0.717, 1.165) is 30.4 Å². The highest BCUT2D eigenvalue weighted by Gasteiger charge is 2.20. The molecule has 1 N–H and O–H groups in total. The Labute approximate surface area is 90.9 Å². The van der Waals surface area contributed by atoms with E-state index in [1.165, 1.54) is 19.3 Å². The smallest absolute Gasteiger partial charge is 0.126 e. The molecule has 1 aromatic rings. The molecule has 0 amide bonds. The topological polar surface area (TPSA) is 34.2 Å². The third-order valence-corrected chi connectivity index (χ3v) is 2.71. The highest BCUT2D eigenvalue weighted by molar-refractivity contribution is 5.29. The maximum atomic E-state index is 5.76. The number of aromatic nitrogens is 1. The van der Waals surface area contributed by atoms with Crippen LogP contribution in [0.2, 0.25) is 0 Å². The second-order valence-corrected chi connectivity index (χ2v) is 4.09. The molecule has 0 aliphatic heterocycles. The molecule has 2 rings (SSSR count). The predicted molar refractivity (Wildman–Crippen MR) is 59.8 cm³/mol. The van der Waals surface area contributed by atoms with Crippen molar-refractivity contribution in [2.75, 3.05) is 13.7 Å². The zero-order chi connectivity index (χ0) is 10.5. The van der Waals surface area contributed by atoms with Crippen LogP contribution in [0.4, 0.5) is 0 Å². The quantitative estimate of drug-likeness (QED) is 0.772. The summed E-state index contributed by atoms with van der Waals surface area (Å²) in [6.07, 6.45) is 7.63. The van der Waals surface area contributed by atoms with Crippen molar-refractivity contribution in [2.24, 2.45) is 5.92 Å². The van der Waals surface area contributed by atoms with Crippen molar-refractivity contribution in [2.45, 2.75) is 25.8 Å². The number of pyridine rings is 1. The second kappa shape index (κ2) is 5.12. The number of hydrogen-bond acceptors (Lipinski definition) is 3. The van der Waals surface area contributed by atoms with Crippen molar-refractivity contribution in [3.63, 3.8) is 0 Å². The minimum Gasteiger partial charge on any atom is -0.493 e. The van der Waals surface area contributed by atoms with Gasteiger partial charge >= 0.3 is 0 Å². The zero-order valence-electron chi connectivity index (χ0n) is 9.20. The van der Waals surface area contributed by atoms with E-state index in [1.807, 2.05) is 19.3 Å². The molecule has 0 spiro atoms. The minimum atomic E-state index is 0.812. The summed E-state index contributed by atoms with van der Waals surface area (Å²) < 4.78 is 5.76. The molecular weight excluding hydrogens is 188 g/mol. The van der Waals surface area contributed by atoms with Gasteiger partial charge in [0.25, 0.3) is 0 Å². The zero-order valence-corrected chi connectivity index (χ0v) is 9.20. The lowest BCUT2D eigenvalue weighted by Gasteiger charge is -2.10. The molecule has 0 unspecified atom stereocenters. The number of nitrogens with one attached hydrogen (secondary N) is 1. The maximum Gasteiger partial charge on any atom is 0.126 e. The Morgan fingerprint density at radius 1 is 1.53 bits per heavy atom. The Morgan fingerprint density at radius 3 is 3.13 bits per heavy atom. The SMILES string of the molecule is CNCc1cnccc1OCCC1CC1. The van der Waals surface area contributed by atoms with Gasteiger partial charge in [-0.15, -0.1) is 0 Å². The van der Waals surface area contributed by atoms with Crippen molar-refractivity contribution in [3.8, 4) is 5.75 Å². The summed E-state index contributed by atoms with van der Waals surface area (Å²) in [4.78, 5) is 4.10. The van der Waals surface area contributed by atoms with E-state index in [-0.39, 0.29) is 0 Å². The summed E-state index contributed by atoms with van der Waals surface area (Å²) in [5.41, 5.74) is 1.13. The minimum absolute atomic E-state index is 0.812. The van der Waals surface area contributed by atoms with Gasteiger partial charge in [-0.3, -0.25) is 4.98 Å². The van der Waals surface area contributed by atoms with Gasteiger partial charge in [0.15, 0.2) is 0 Å². The van der Waals surface area contributed by atoms with Crippen molar-refractivity contribution >= 4 is 0 Å². The Bertz CT molecular complexity index is 310. The van der Waals surface area contributed by atoms with Gasteiger partial charge < -0.3 is 10.1 Å². The maximum absolute atomic E-state index is 5.76. The largest absolute Gasteiger partial charge is 0.493 e. The first-order valence-corrected chi connectivity index (χ1v) is 5.60. The summed E-state index contributed by atoms with van der Waals surface area (Å²) in [7, 11) is 1.93. The van der Waals surface area contributed by atoms with Crippen LogP contribution in [0.5, 0.6) is 5.75 Å². The van der Waals surface area contributed by atoms with Crippen LogP contribution in [0.3, 0.4) is 0 Å². The van der Waals surface area contributed by atoms with Gasteiger partial charge in [0.1, 0.15) is 5.75 Å². The van der Waals surface area contributed by atoms with E-state index in [4.69, 9.17) is 4.74 Å². The van der Waals surface area contributed by atoms with Gasteiger partial charge in [-0.05, 0) is 25.5 Å². The van der Waals surface area contributed by atoms with Gasteiger partial charge in [0, 0.05) is 24.5 Å². The lowest BCUT2D eigenvalue weighted by molar-refractivity contribution is 0.298. The molecule has 82 valence electrons. The number of rotatable bonds is 6. The molecule has 1 fully saturated rings. The highest BCUT2D eigenvalue weighted by atomic mass is 16.5. The van der Waals surface area contributed by atoms with Gasteiger partial charge in [-0.25, -0.2) is 0 Å². The summed E-state index contributed by atoms with van der Waals surface area (Å²) >= 11 is 0. The molecule has 0 bridgehead atoms. The summed E-state index contributed by atoms with van der Waals surface area (Å²) in [6, 6.07) is 1.94. The second-order valence-electron chi connectivity index (χ2n) is 4.09. The Hall–Kier alpha value is -1.09. The first-order chi connectivity index (χ1) is 7.40. The van der Waals surface area contributed by atoms with E-state index < -0.39 is 0 Å². The molecular formula is C12H18N2O. The fraction of sp³-hybridized carbons (Fsp3) is 0.583. The lowest BCUT2D eigenvalue weighted by atomic mass is 10.2. The molecule has 0 saturated heterocycles. The number of nitrogens with zero attached hydrogens (tertiary/aromatic N) is 1. The first-order valence-electron chi connectivity index (χ1n) is 5.60. The Morgan fingerprint density at radius 2 is 2.40 bits per heavy atom. The number of hydrogen-bond donors (Lipinski definition) is 1. The van der Waals surface area contributed by atoms with Crippen molar-refractivity contribution < 1.29 is 4.74 Å². The van der Waals surface area contributed by atoms with Gasteiger partial charge in [0.2, 0.25) is 0 Å². The third-order valence-electron chi connectivity index (χ3n) is 2.71. The van der Waals surface area contributed by atoms with Crippen LogP contribution in [0, 0.1) is 5.92 Å². The number of ether oxygens (including phenoxy) is 1. The van der Waals surface area contributed by atoms with Gasteiger partial charge in [0.05, 0.1) is 6.61 Å². The van der Waals surface area contributed by atoms with Crippen LogP contribution in [0.15, 0.2) is 18.5 Å². The van der Waals surface area contributed by atoms with Crippen LogP contribution in [0.1, 0.15) is 24.8 Å². The van der Waals surface area contributed by atoms with E-state index in [1.54, 1.807) is 6.20 Å². The van der Waals surface area contributed by atoms with Crippen LogP contribution in [-0.2, 0) is 6.54 Å². The first kappa shape index (κ1) is 10.4. The molecule has 1 saturated carbocycles. The molecule has 15 heavy (non-hydrogen) atoms.